The molecule has 1 rings (SSSR count). The Labute approximate surface area is 105 Å². The van der Waals surface area contributed by atoms with E-state index < -0.39 is 16.6 Å². The third kappa shape index (κ3) is 2.60. The zero-order chi connectivity index (χ0) is 13.0. The third-order valence-electron chi connectivity index (χ3n) is 2.09. The van der Waals surface area contributed by atoms with E-state index in [1.54, 1.807) is 0 Å². The summed E-state index contributed by atoms with van der Waals surface area (Å²) in [5.74, 6) is -0.802. The van der Waals surface area contributed by atoms with Crippen LogP contribution in [-0.2, 0) is 10.1 Å². The maximum Gasteiger partial charge on any atom is 0.344 e. The van der Waals surface area contributed by atoms with Crippen LogP contribution in [-0.4, -0.2) is 18.0 Å². The first-order chi connectivity index (χ1) is 8.04. The fourth-order valence-electron chi connectivity index (χ4n) is 1.27. The minimum atomic E-state index is -0.802. The van der Waals surface area contributed by atoms with Gasteiger partial charge in [-0.3, -0.25) is 10.1 Å². The molecule has 0 bridgehead atoms. The topological polar surface area (TPSA) is 93.2 Å². The number of nitrogens with zero attached hydrogens (tertiary/aromatic N) is 2. The molecule has 17 heavy (non-hydrogen) atoms. The number of methoxy groups -OCH3 is 1. The quantitative estimate of drug-likeness (QED) is 0.369. The van der Waals surface area contributed by atoms with E-state index in [9.17, 15) is 14.9 Å². The van der Waals surface area contributed by atoms with Gasteiger partial charge in [-0.05, 0) is 11.6 Å². The van der Waals surface area contributed by atoms with Gasteiger partial charge in [0.15, 0.2) is 0 Å². The van der Waals surface area contributed by atoms with Crippen molar-refractivity contribution < 1.29 is 14.5 Å². The Balaban J connectivity index is 3.52. The number of nitro groups is 1. The second-order valence-electron chi connectivity index (χ2n) is 3.02. The van der Waals surface area contributed by atoms with E-state index in [2.05, 4.69) is 20.7 Å². The molecule has 1 aromatic carbocycles. The van der Waals surface area contributed by atoms with E-state index in [0.29, 0.717) is 10.9 Å². The number of nitriles is 1. The molecule has 0 saturated heterocycles. The standard InChI is InChI=1S/C10H7BrN2O4/c1-17-10(14)8-2-6(4-11)7(5-12)3-9(8)13(15)16/h2-3H,4H2,1H3. The second kappa shape index (κ2) is 5.41. The zero-order valence-corrected chi connectivity index (χ0v) is 10.4. The molecule has 0 amide bonds. The molecule has 0 aromatic heterocycles. The molecule has 0 aliphatic heterocycles. The molecule has 0 radical (unpaired) electrons. The van der Waals surface area contributed by atoms with E-state index in [4.69, 9.17) is 5.26 Å². The highest BCUT2D eigenvalue weighted by Gasteiger charge is 2.23. The first kappa shape index (κ1) is 13.1. The van der Waals surface area contributed by atoms with Crippen LogP contribution >= 0.6 is 15.9 Å². The number of halogens is 1. The van der Waals surface area contributed by atoms with Gasteiger partial charge >= 0.3 is 5.97 Å². The summed E-state index contributed by atoms with van der Waals surface area (Å²) in [6.45, 7) is 0. The monoisotopic (exact) mass is 298 g/mol. The Kier molecular flexibility index (Phi) is 4.17. The largest absolute Gasteiger partial charge is 0.465 e. The Morgan fingerprint density at radius 1 is 1.65 bits per heavy atom. The number of carbonyl (C=O) groups is 1. The highest BCUT2D eigenvalue weighted by atomic mass is 79.9. The molecule has 0 N–H and O–H groups in total. The van der Waals surface area contributed by atoms with Gasteiger partial charge in [0.1, 0.15) is 5.56 Å². The van der Waals surface area contributed by atoms with E-state index >= 15 is 0 Å². The highest BCUT2D eigenvalue weighted by Crippen LogP contribution is 2.25. The lowest BCUT2D eigenvalue weighted by Crippen LogP contribution is -2.07. The molecule has 0 spiro atoms. The van der Waals surface area contributed by atoms with Crippen molar-refractivity contribution >= 4 is 27.6 Å². The van der Waals surface area contributed by atoms with Gasteiger partial charge in [-0.25, -0.2) is 4.79 Å². The molecular weight excluding hydrogens is 292 g/mol. The van der Waals surface area contributed by atoms with E-state index in [1.807, 2.05) is 6.07 Å². The summed E-state index contributed by atoms with van der Waals surface area (Å²) in [4.78, 5) is 21.5. The van der Waals surface area contributed by atoms with Gasteiger partial charge < -0.3 is 4.74 Å². The summed E-state index contributed by atoms with van der Waals surface area (Å²) < 4.78 is 4.46. The van der Waals surface area contributed by atoms with Crippen LogP contribution in [0.1, 0.15) is 21.5 Å². The molecule has 88 valence electrons. The van der Waals surface area contributed by atoms with Crippen molar-refractivity contribution in [3.63, 3.8) is 0 Å². The van der Waals surface area contributed by atoms with Crippen molar-refractivity contribution in [2.75, 3.05) is 7.11 Å². The Bertz CT molecular complexity index is 522. The normalized spacial score (nSPS) is 9.47. The van der Waals surface area contributed by atoms with Crippen LogP contribution in [0.3, 0.4) is 0 Å². The zero-order valence-electron chi connectivity index (χ0n) is 8.77. The molecule has 7 heteroatoms. The summed E-state index contributed by atoms with van der Waals surface area (Å²) in [5.41, 5.74) is 0.0591. The van der Waals surface area contributed by atoms with Gasteiger partial charge in [-0.15, -0.1) is 0 Å². The molecule has 0 unspecified atom stereocenters. The smallest absolute Gasteiger partial charge is 0.344 e. The predicted molar refractivity (Wildman–Crippen MR) is 61.8 cm³/mol. The average molecular weight is 299 g/mol. The Hall–Kier alpha value is -1.94. The molecule has 0 aliphatic carbocycles. The van der Waals surface area contributed by atoms with Crippen molar-refractivity contribution in [3.05, 3.63) is 38.9 Å². The molecule has 0 heterocycles. The van der Waals surface area contributed by atoms with Crippen LogP contribution in [0.15, 0.2) is 12.1 Å². The van der Waals surface area contributed by atoms with Crippen molar-refractivity contribution in [2.45, 2.75) is 5.33 Å². The maximum absolute atomic E-state index is 11.4. The lowest BCUT2D eigenvalue weighted by Gasteiger charge is -2.05. The lowest BCUT2D eigenvalue weighted by molar-refractivity contribution is -0.385. The first-order valence-electron chi connectivity index (χ1n) is 4.40. The van der Waals surface area contributed by atoms with Crippen molar-refractivity contribution in [1.29, 1.82) is 5.26 Å². The Morgan fingerprint density at radius 2 is 2.29 bits per heavy atom. The SMILES string of the molecule is COC(=O)c1cc(CBr)c(C#N)cc1[N+](=O)[O-]. The van der Waals surface area contributed by atoms with E-state index in [0.717, 1.165) is 13.2 Å². The summed E-state index contributed by atoms with van der Waals surface area (Å²) in [5, 5.41) is 19.9. The van der Waals surface area contributed by atoms with Crippen LogP contribution < -0.4 is 0 Å². The maximum atomic E-state index is 11.4. The number of carbonyl (C=O) groups excluding carboxylic acids is 1. The van der Waals surface area contributed by atoms with E-state index in [1.165, 1.54) is 6.07 Å². The number of alkyl halides is 1. The molecule has 0 atom stereocenters. The van der Waals surface area contributed by atoms with Gasteiger partial charge in [-0.2, -0.15) is 5.26 Å². The van der Waals surface area contributed by atoms with Crippen LogP contribution in [0.4, 0.5) is 5.69 Å². The average Bonchev–Trinajstić information content (AvgIpc) is 2.35. The summed E-state index contributed by atoms with van der Waals surface area (Å²) in [7, 11) is 1.14. The van der Waals surface area contributed by atoms with Gasteiger partial charge in [0, 0.05) is 11.4 Å². The fourth-order valence-corrected chi connectivity index (χ4v) is 1.74. The minimum Gasteiger partial charge on any atom is -0.465 e. The first-order valence-corrected chi connectivity index (χ1v) is 5.53. The fraction of sp³-hybridized carbons (Fsp3) is 0.200. The number of hydrogen-bond donors (Lipinski definition) is 0. The number of hydrogen-bond acceptors (Lipinski definition) is 5. The number of rotatable bonds is 3. The number of esters is 1. The van der Waals surface area contributed by atoms with Gasteiger partial charge in [0.05, 0.1) is 23.7 Å². The molecule has 0 aliphatic rings. The number of nitro benzene ring substituents is 1. The van der Waals surface area contributed by atoms with Crippen LogP contribution in [0.5, 0.6) is 0 Å². The Morgan fingerprint density at radius 3 is 2.71 bits per heavy atom. The van der Waals surface area contributed by atoms with E-state index in [-0.39, 0.29) is 11.1 Å². The summed E-state index contributed by atoms with van der Waals surface area (Å²) in [6.07, 6.45) is 0. The lowest BCUT2D eigenvalue weighted by atomic mass is 10.0. The van der Waals surface area contributed by atoms with Crippen molar-refractivity contribution in [3.8, 4) is 6.07 Å². The highest BCUT2D eigenvalue weighted by molar-refractivity contribution is 9.08. The van der Waals surface area contributed by atoms with Gasteiger partial charge in [-0.1, -0.05) is 15.9 Å². The minimum absolute atomic E-state index is 0.154. The molecule has 1 aromatic rings. The summed E-state index contributed by atoms with van der Waals surface area (Å²) in [6, 6.07) is 4.20. The molecule has 0 saturated carbocycles. The molecular formula is C10H7BrN2O4. The van der Waals surface area contributed by atoms with Gasteiger partial charge in [0.2, 0.25) is 0 Å². The van der Waals surface area contributed by atoms with Crippen LogP contribution in [0.2, 0.25) is 0 Å². The predicted octanol–water partition coefficient (Wildman–Crippen LogP) is 2.15. The number of ether oxygens (including phenoxy) is 1. The van der Waals surface area contributed by atoms with Crippen LogP contribution in [0.25, 0.3) is 0 Å². The van der Waals surface area contributed by atoms with Gasteiger partial charge in [0.25, 0.3) is 5.69 Å². The number of benzene rings is 1. The van der Waals surface area contributed by atoms with Crippen molar-refractivity contribution in [2.24, 2.45) is 0 Å². The molecule has 0 fully saturated rings. The molecule has 6 nitrogen and oxygen atoms in total. The summed E-state index contributed by atoms with van der Waals surface area (Å²) >= 11 is 3.14. The third-order valence-corrected chi connectivity index (χ3v) is 2.69. The van der Waals surface area contributed by atoms with Crippen molar-refractivity contribution in [1.82, 2.24) is 0 Å². The van der Waals surface area contributed by atoms with Crippen LogP contribution in [0, 0.1) is 21.4 Å². The second-order valence-corrected chi connectivity index (χ2v) is 3.58.